The molecule has 1 aliphatic heterocycles. The first kappa shape index (κ1) is 28.7. The molecule has 2 amide bonds. The number of aryl methyl sites for hydroxylation is 1. The summed E-state index contributed by atoms with van der Waals surface area (Å²) in [5, 5.41) is 12.1. The predicted molar refractivity (Wildman–Crippen MR) is 142 cm³/mol. The van der Waals surface area contributed by atoms with Crippen molar-refractivity contribution in [1.82, 2.24) is 25.2 Å². The maximum Gasteiger partial charge on any atom is 0.313 e. The van der Waals surface area contributed by atoms with Crippen LogP contribution in [-0.4, -0.2) is 56.8 Å². The molecule has 0 radical (unpaired) electrons. The Labute approximate surface area is 227 Å². The molecule has 0 bridgehead atoms. The Bertz CT molecular complexity index is 1110. The number of hydrogen-bond donors (Lipinski definition) is 1. The smallest absolute Gasteiger partial charge is 0.313 e. The van der Waals surface area contributed by atoms with Gasteiger partial charge in [0, 0.05) is 41.7 Å². The second-order valence-electron chi connectivity index (χ2n) is 10.1. The molecule has 1 aliphatic rings. The van der Waals surface area contributed by atoms with E-state index in [0.29, 0.717) is 55.2 Å². The molecule has 9 nitrogen and oxygen atoms in total. The Kier molecular flexibility index (Phi) is 10.1. The van der Waals surface area contributed by atoms with Crippen LogP contribution in [0.2, 0.25) is 10.0 Å². The van der Waals surface area contributed by atoms with Gasteiger partial charge in [-0.2, -0.15) is 0 Å². The van der Waals surface area contributed by atoms with Crippen molar-refractivity contribution in [3.63, 3.8) is 0 Å². The van der Waals surface area contributed by atoms with Gasteiger partial charge in [0.05, 0.1) is 17.3 Å². The highest BCUT2D eigenvalue weighted by atomic mass is 35.5. The van der Waals surface area contributed by atoms with E-state index in [-0.39, 0.29) is 30.6 Å². The highest BCUT2D eigenvalue weighted by Gasteiger charge is 2.24. The van der Waals surface area contributed by atoms with E-state index in [1.54, 1.807) is 56.1 Å². The highest BCUT2D eigenvalue weighted by molar-refractivity contribution is 6.34. The summed E-state index contributed by atoms with van der Waals surface area (Å²) in [6.45, 7) is 6.52. The molecule has 3 rings (SSSR count). The quantitative estimate of drug-likeness (QED) is 0.369. The third-order valence-electron chi connectivity index (χ3n) is 5.84. The second kappa shape index (κ2) is 13.1. The standard InChI is InChI=1S/C26H33Cl2N5O4/c1-26(2,3)25(36)37-17-33-16-22(30-31-33)5-4-6-23(34)29-21-9-11-32(12-10-21)24(35)8-7-18-13-19(27)15-20(28)14-18/h7-8,13-16,21H,4-6,9-12,17H2,1-3H3,(H,29,34). The molecule has 1 aromatic heterocycles. The predicted octanol–water partition coefficient (Wildman–Crippen LogP) is 4.28. The fourth-order valence-electron chi connectivity index (χ4n) is 3.78. The van der Waals surface area contributed by atoms with E-state index in [9.17, 15) is 14.4 Å². The molecule has 11 heteroatoms. The normalized spacial score (nSPS) is 14.7. The number of nitrogens with one attached hydrogen (secondary N) is 1. The average molecular weight is 550 g/mol. The number of hydrogen-bond acceptors (Lipinski definition) is 6. The fourth-order valence-corrected chi connectivity index (χ4v) is 4.32. The zero-order valence-corrected chi connectivity index (χ0v) is 22.9. The van der Waals surface area contributed by atoms with Crippen LogP contribution in [0.3, 0.4) is 0 Å². The highest BCUT2D eigenvalue weighted by Crippen LogP contribution is 2.20. The summed E-state index contributed by atoms with van der Waals surface area (Å²) in [5.74, 6) is -0.410. The molecule has 1 N–H and O–H groups in total. The van der Waals surface area contributed by atoms with Gasteiger partial charge in [-0.1, -0.05) is 28.4 Å². The molecule has 0 saturated carbocycles. The van der Waals surface area contributed by atoms with Crippen molar-refractivity contribution in [2.45, 2.75) is 65.6 Å². The molecule has 2 heterocycles. The van der Waals surface area contributed by atoms with Gasteiger partial charge in [0.2, 0.25) is 11.8 Å². The first-order valence-electron chi connectivity index (χ1n) is 12.3. The van der Waals surface area contributed by atoms with Crippen LogP contribution in [0.1, 0.15) is 57.7 Å². The van der Waals surface area contributed by atoms with Crippen LogP contribution in [-0.2, 0) is 32.3 Å². The number of halogens is 2. The van der Waals surface area contributed by atoms with Crippen LogP contribution in [0, 0.1) is 5.41 Å². The number of aromatic nitrogens is 3. The molecule has 200 valence electrons. The van der Waals surface area contributed by atoms with Crippen molar-refractivity contribution in [2.75, 3.05) is 13.1 Å². The van der Waals surface area contributed by atoms with Crippen molar-refractivity contribution in [3.8, 4) is 0 Å². The zero-order valence-electron chi connectivity index (χ0n) is 21.4. The minimum Gasteiger partial charge on any atom is -0.442 e. The van der Waals surface area contributed by atoms with Gasteiger partial charge < -0.3 is 15.0 Å². The zero-order chi connectivity index (χ0) is 27.0. The average Bonchev–Trinajstić information content (AvgIpc) is 3.28. The molecule has 1 fully saturated rings. The molecule has 1 saturated heterocycles. The molecular formula is C26H33Cl2N5O4. The summed E-state index contributed by atoms with van der Waals surface area (Å²) < 4.78 is 6.68. The van der Waals surface area contributed by atoms with E-state index < -0.39 is 5.41 Å². The van der Waals surface area contributed by atoms with Crippen molar-refractivity contribution in [2.24, 2.45) is 5.41 Å². The van der Waals surface area contributed by atoms with Gasteiger partial charge in [0.25, 0.3) is 0 Å². The van der Waals surface area contributed by atoms with E-state index in [4.69, 9.17) is 27.9 Å². The van der Waals surface area contributed by atoms with Gasteiger partial charge >= 0.3 is 5.97 Å². The Morgan fingerprint density at radius 1 is 1.14 bits per heavy atom. The SMILES string of the molecule is CC(C)(C)C(=O)OCn1cc(CCCC(=O)NC2CCN(C(=O)C=Cc3cc(Cl)cc(Cl)c3)CC2)nn1. The van der Waals surface area contributed by atoms with Gasteiger partial charge in [-0.05, 0) is 76.3 Å². The molecule has 37 heavy (non-hydrogen) atoms. The Morgan fingerprint density at radius 3 is 2.46 bits per heavy atom. The minimum atomic E-state index is -0.577. The fraction of sp³-hybridized carbons (Fsp3) is 0.500. The van der Waals surface area contributed by atoms with Crippen molar-refractivity contribution in [3.05, 3.63) is 51.8 Å². The van der Waals surface area contributed by atoms with Gasteiger partial charge in [-0.25, -0.2) is 4.68 Å². The first-order valence-corrected chi connectivity index (χ1v) is 13.0. The summed E-state index contributed by atoms with van der Waals surface area (Å²) in [4.78, 5) is 38.5. The van der Waals surface area contributed by atoms with Gasteiger partial charge in [-0.3, -0.25) is 14.4 Å². The first-order chi connectivity index (χ1) is 17.5. The number of likely N-dealkylation sites (tertiary alicyclic amines) is 1. The molecule has 0 unspecified atom stereocenters. The van der Waals surface area contributed by atoms with Crippen LogP contribution >= 0.6 is 23.2 Å². The Hall–Kier alpha value is -2.91. The van der Waals surface area contributed by atoms with Crippen LogP contribution in [0.5, 0.6) is 0 Å². The monoisotopic (exact) mass is 549 g/mol. The van der Waals surface area contributed by atoms with E-state index in [2.05, 4.69) is 15.6 Å². The van der Waals surface area contributed by atoms with Gasteiger partial charge in [0.1, 0.15) is 0 Å². The molecule has 2 aromatic rings. The Morgan fingerprint density at radius 2 is 1.81 bits per heavy atom. The lowest BCUT2D eigenvalue weighted by molar-refractivity contribution is -0.157. The molecular weight excluding hydrogens is 517 g/mol. The number of ether oxygens (including phenoxy) is 1. The Balaban J connectivity index is 1.33. The number of esters is 1. The van der Waals surface area contributed by atoms with Crippen molar-refractivity contribution < 1.29 is 19.1 Å². The molecule has 0 spiro atoms. The maximum atomic E-state index is 12.5. The van der Waals surface area contributed by atoms with E-state index in [1.165, 1.54) is 10.8 Å². The number of nitrogens with zero attached hydrogens (tertiary/aromatic N) is 4. The third-order valence-corrected chi connectivity index (χ3v) is 6.27. The number of piperidine rings is 1. The topological polar surface area (TPSA) is 106 Å². The summed E-state index contributed by atoms with van der Waals surface area (Å²) in [7, 11) is 0. The number of amides is 2. The molecule has 0 atom stereocenters. The minimum absolute atomic E-state index is 0.00946. The van der Waals surface area contributed by atoms with Crippen LogP contribution < -0.4 is 5.32 Å². The molecule has 0 aliphatic carbocycles. The van der Waals surface area contributed by atoms with Crippen LogP contribution in [0.25, 0.3) is 6.08 Å². The third kappa shape index (κ3) is 9.48. The second-order valence-corrected chi connectivity index (χ2v) is 11.0. The van der Waals surface area contributed by atoms with E-state index >= 15 is 0 Å². The maximum absolute atomic E-state index is 12.5. The van der Waals surface area contributed by atoms with Gasteiger partial charge in [-0.15, -0.1) is 5.10 Å². The number of rotatable bonds is 9. The lowest BCUT2D eigenvalue weighted by atomic mass is 9.98. The number of carbonyl (C=O) groups is 3. The number of benzene rings is 1. The molecule has 1 aromatic carbocycles. The van der Waals surface area contributed by atoms with E-state index in [1.807, 2.05) is 0 Å². The summed E-state index contributed by atoms with van der Waals surface area (Å²) in [6, 6.07) is 5.17. The lowest BCUT2D eigenvalue weighted by Gasteiger charge is -2.31. The summed E-state index contributed by atoms with van der Waals surface area (Å²) in [6.07, 6.45) is 7.94. The van der Waals surface area contributed by atoms with Crippen LogP contribution in [0.15, 0.2) is 30.5 Å². The van der Waals surface area contributed by atoms with Crippen molar-refractivity contribution >= 4 is 47.1 Å². The largest absolute Gasteiger partial charge is 0.442 e. The van der Waals surface area contributed by atoms with E-state index in [0.717, 1.165) is 11.3 Å². The van der Waals surface area contributed by atoms with Crippen molar-refractivity contribution in [1.29, 1.82) is 0 Å². The van der Waals surface area contributed by atoms with Gasteiger partial charge in [0.15, 0.2) is 6.73 Å². The van der Waals surface area contributed by atoms with Crippen LogP contribution in [0.4, 0.5) is 0 Å². The lowest BCUT2D eigenvalue weighted by Crippen LogP contribution is -2.46. The number of carbonyl (C=O) groups excluding carboxylic acids is 3. The summed E-state index contributed by atoms with van der Waals surface area (Å²) in [5.41, 5.74) is 0.923. The summed E-state index contributed by atoms with van der Waals surface area (Å²) >= 11 is 12.0.